The highest BCUT2D eigenvalue weighted by Crippen LogP contribution is 2.98. The van der Waals surface area contributed by atoms with E-state index in [1.807, 2.05) is 6.92 Å². The van der Waals surface area contributed by atoms with Crippen LogP contribution in [0.4, 0.5) is 15.5 Å². The first-order valence-corrected chi connectivity index (χ1v) is 20.8. The van der Waals surface area contributed by atoms with Crippen molar-refractivity contribution >= 4 is 23.7 Å². The summed E-state index contributed by atoms with van der Waals surface area (Å²) in [6.45, 7) is 23.3. The van der Waals surface area contributed by atoms with Gasteiger partial charge >= 0.3 is 0 Å². The number of nitrogens with zero attached hydrogens (tertiary/aromatic N) is 1. The van der Waals surface area contributed by atoms with Crippen molar-refractivity contribution in [2.75, 3.05) is 19.5 Å². The van der Waals surface area contributed by atoms with Gasteiger partial charge in [-0.15, -0.1) is 15.5 Å². The van der Waals surface area contributed by atoms with E-state index >= 15 is 0 Å². The van der Waals surface area contributed by atoms with Gasteiger partial charge in [0, 0.05) is 22.9 Å². The Morgan fingerprint density at radius 3 is 2.14 bits per heavy atom. The molecule has 1 aromatic heterocycles. The summed E-state index contributed by atoms with van der Waals surface area (Å²) in [6, 6.07) is 4.65. The number of hydrogen-bond donors (Lipinski definition) is 0. The Kier molecular flexibility index (Phi) is 8.29. The maximum Gasteiger partial charge on any atom is 0.192 e. The highest BCUT2D eigenvalue weighted by atomic mass is 32.5. The molecule has 43 heavy (non-hydrogen) atoms. The number of pyridine rings is 1. The van der Waals surface area contributed by atoms with Crippen molar-refractivity contribution in [2.24, 2.45) is 5.41 Å². The summed E-state index contributed by atoms with van der Waals surface area (Å²) in [6.07, 6.45) is 4.20. The average Bonchev–Trinajstić information content (AvgIpc) is 2.85. The zero-order chi connectivity index (χ0) is 32.5. The van der Waals surface area contributed by atoms with Crippen LogP contribution >= 0.6 is 9.84 Å². The Morgan fingerprint density at radius 2 is 1.65 bits per heavy atom. The van der Waals surface area contributed by atoms with Crippen LogP contribution in [0.15, 0.2) is 35.2 Å². The molecule has 242 valence electrons. The summed E-state index contributed by atoms with van der Waals surface area (Å²) in [5.41, 5.74) is 7.19. The van der Waals surface area contributed by atoms with Crippen LogP contribution < -0.4 is 0 Å². The van der Waals surface area contributed by atoms with Crippen LogP contribution in [0.2, 0.25) is 18.1 Å². The van der Waals surface area contributed by atoms with Crippen molar-refractivity contribution in [3.63, 3.8) is 0 Å². The Labute approximate surface area is 257 Å². The van der Waals surface area contributed by atoms with Gasteiger partial charge in [-0.25, -0.2) is 0 Å². The van der Waals surface area contributed by atoms with Gasteiger partial charge < -0.3 is 9.16 Å². The Balaban J connectivity index is 2.01. The molecule has 9 heteroatoms. The molecule has 0 fully saturated rings. The second-order valence-corrected chi connectivity index (χ2v) is 23.7. The van der Waals surface area contributed by atoms with Crippen LogP contribution in [0.1, 0.15) is 120 Å². The molecule has 3 nitrogen and oxygen atoms in total. The van der Waals surface area contributed by atoms with Gasteiger partial charge in [-0.3, -0.25) is 4.98 Å². The molecule has 2 aliphatic rings. The molecule has 1 aliphatic heterocycles. The predicted molar refractivity (Wildman–Crippen MR) is 175 cm³/mol. The van der Waals surface area contributed by atoms with E-state index in [0.29, 0.717) is 18.8 Å². The first kappa shape index (κ1) is 34.2. The highest BCUT2D eigenvalue weighted by molar-refractivity contribution is 8.49. The minimum atomic E-state index is -8.29. The van der Waals surface area contributed by atoms with Crippen molar-refractivity contribution in [1.82, 2.24) is 4.98 Å². The van der Waals surface area contributed by atoms with Gasteiger partial charge in [0.1, 0.15) is 0 Å². The van der Waals surface area contributed by atoms with E-state index in [-0.39, 0.29) is 34.6 Å². The lowest BCUT2D eigenvalue weighted by atomic mass is 9.70. The fraction of sp³-hybridized carbons (Fsp3) is 0.618. The number of rotatable bonds is 7. The largest absolute Gasteiger partial charge is 0.410 e. The number of fused-ring (bicyclic) bond motifs is 1. The van der Waals surface area contributed by atoms with Crippen LogP contribution in [-0.2, 0) is 15.6 Å². The summed E-state index contributed by atoms with van der Waals surface area (Å²) < 4.78 is 69.8. The van der Waals surface area contributed by atoms with E-state index in [2.05, 4.69) is 67.6 Å². The van der Waals surface area contributed by atoms with E-state index in [1.54, 1.807) is 0 Å². The third-order valence-corrected chi connectivity index (χ3v) is 15.5. The monoisotopic (exact) mass is 641 g/mol. The summed E-state index contributed by atoms with van der Waals surface area (Å²) in [4.78, 5) is 4.17. The number of aromatic nitrogens is 1. The number of halogens is 4. The van der Waals surface area contributed by atoms with E-state index in [4.69, 9.17) is 14.1 Å². The molecule has 0 radical (unpaired) electrons. The Morgan fingerprint density at radius 1 is 1.05 bits per heavy atom. The summed E-state index contributed by atoms with van der Waals surface area (Å²) in [5, 5.41) is 0.0156. The van der Waals surface area contributed by atoms with Crippen LogP contribution in [0.25, 0.3) is 5.57 Å². The maximum atomic E-state index is 14.2. The fourth-order valence-corrected chi connectivity index (χ4v) is 8.26. The first-order valence-electron chi connectivity index (χ1n) is 15.4. The molecule has 0 bridgehead atoms. The molecule has 1 aliphatic carbocycles. The number of hydrogen-bond acceptors (Lipinski definition) is 3. The molecule has 2 atom stereocenters. The third-order valence-electron chi connectivity index (χ3n) is 9.57. The van der Waals surface area contributed by atoms with Gasteiger partial charge in [0.15, 0.2) is 18.2 Å². The van der Waals surface area contributed by atoms with Gasteiger partial charge in [-0.1, -0.05) is 73.6 Å². The van der Waals surface area contributed by atoms with E-state index in [9.17, 15) is 15.5 Å². The lowest BCUT2D eigenvalue weighted by molar-refractivity contribution is 0.105. The molecule has 0 saturated heterocycles. The standard InChI is InChI=1S/C34H51F4NO2SSi/c1-22(2)32-29(23(3)24-12-14-26(15-13-24)42(9,35,36,37)38)30(25-16-18-40-19-17-25)31-27(39-32)20-34(7,8)21-28(31)41-43(10,11)33(4,5)6/h12-16,22-23,28H,17-21H2,1-11H3. The third kappa shape index (κ3) is 7.26. The van der Waals surface area contributed by atoms with E-state index in [1.165, 1.54) is 17.7 Å². The second kappa shape index (κ2) is 10.4. The normalized spacial score (nSPS) is 22.0. The molecule has 0 spiro atoms. The molecular weight excluding hydrogens is 591 g/mol. The summed E-state index contributed by atoms with van der Waals surface area (Å²) >= 11 is 0. The maximum absolute atomic E-state index is 14.2. The molecular formula is C34H51F4NO2SSi. The van der Waals surface area contributed by atoms with E-state index < -0.39 is 23.1 Å². The van der Waals surface area contributed by atoms with Crippen molar-refractivity contribution in [2.45, 2.75) is 116 Å². The molecule has 0 saturated carbocycles. The SMILES string of the molecule is CC(C)c1nc2c(c(C3=CCOCC3)c1C(C)c1ccc(S(C)(F)(F)(F)F)cc1)C(O[Si](C)(C)C(C)(C)C)CC(C)(C)C2. The second-order valence-electron chi connectivity index (χ2n) is 15.5. The average molecular weight is 642 g/mol. The van der Waals surface area contributed by atoms with Crippen molar-refractivity contribution in [1.29, 1.82) is 0 Å². The molecule has 2 aromatic rings. The van der Waals surface area contributed by atoms with Crippen LogP contribution in [0.5, 0.6) is 0 Å². The fourth-order valence-electron chi connectivity index (χ4n) is 6.17. The minimum Gasteiger partial charge on any atom is -0.410 e. The summed E-state index contributed by atoms with van der Waals surface area (Å²) in [7, 11) is -10.5. The Bertz CT molecular complexity index is 1410. The molecule has 4 rings (SSSR count). The quantitative estimate of drug-likeness (QED) is 0.223. The van der Waals surface area contributed by atoms with Gasteiger partial charge in [-0.05, 0) is 83.1 Å². The Hall–Kier alpha value is -1.68. The van der Waals surface area contributed by atoms with Gasteiger partial charge in [0.25, 0.3) is 0 Å². The van der Waals surface area contributed by atoms with Crippen LogP contribution in [0.3, 0.4) is 0 Å². The van der Waals surface area contributed by atoms with Crippen LogP contribution in [0, 0.1) is 5.41 Å². The van der Waals surface area contributed by atoms with Crippen molar-refractivity contribution < 1.29 is 24.7 Å². The lowest BCUT2D eigenvalue weighted by Gasteiger charge is -2.46. The zero-order valence-corrected chi connectivity index (χ0v) is 29.7. The molecule has 2 unspecified atom stereocenters. The van der Waals surface area contributed by atoms with Crippen molar-refractivity contribution in [3.8, 4) is 0 Å². The zero-order valence-electron chi connectivity index (χ0n) is 27.8. The minimum absolute atomic E-state index is 0.00902. The van der Waals surface area contributed by atoms with Gasteiger partial charge in [0.2, 0.25) is 0 Å². The van der Waals surface area contributed by atoms with E-state index in [0.717, 1.165) is 59.5 Å². The molecule has 0 amide bonds. The molecule has 2 heterocycles. The number of benzene rings is 1. The lowest BCUT2D eigenvalue weighted by Crippen LogP contribution is -2.44. The molecule has 0 N–H and O–H groups in total. The summed E-state index contributed by atoms with van der Waals surface area (Å²) in [5.74, 6) is -0.192. The highest BCUT2D eigenvalue weighted by Gasteiger charge is 2.59. The van der Waals surface area contributed by atoms with Gasteiger partial charge in [0.05, 0.1) is 30.5 Å². The van der Waals surface area contributed by atoms with Gasteiger partial charge in [-0.2, -0.15) is 0 Å². The number of ether oxygens (including phenoxy) is 1. The van der Waals surface area contributed by atoms with Crippen LogP contribution in [-0.4, -0.2) is 32.8 Å². The molecule has 1 aromatic carbocycles. The first-order chi connectivity index (χ1) is 19.3. The topological polar surface area (TPSA) is 31.4 Å². The van der Waals surface area contributed by atoms with Crippen molar-refractivity contribution in [3.05, 3.63) is 64.0 Å². The predicted octanol–water partition coefficient (Wildman–Crippen LogP) is 11.6. The smallest absolute Gasteiger partial charge is 0.192 e.